The van der Waals surface area contributed by atoms with Crippen molar-refractivity contribution in [3.63, 3.8) is 0 Å². The molecule has 0 aliphatic heterocycles. The van der Waals surface area contributed by atoms with E-state index in [2.05, 4.69) is 4.74 Å². The van der Waals surface area contributed by atoms with Crippen LogP contribution in [0.1, 0.15) is 12.5 Å². The van der Waals surface area contributed by atoms with Gasteiger partial charge in [-0.15, -0.1) is 0 Å². The molecule has 0 bridgehead atoms. The standard InChI is InChI=1S/C14H16O8/c1-14(21,13(19)20)11(17)7-22-12(18)5-3-8-2-4-9(15)10(16)6-8/h2-6,11,15-17,21H,7H2,1H3,(H,19,20). The first-order valence-corrected chi connectivity index (χ1v) is 6.15. The molecular formula is C14H16O8. The quantitative estimate of drug-likeness (QED) is 0.277. The minimum atomic E-state index is -2.44. The SMILES string of the molecule is CC(O)(C(=O)O)C(O)COC(=O)C=Cc1ccc(O)c(O)c1. The molecule has 0 saturated carbocycles. The molecule has 8 heteroatoms. The molecule has 1 aromatic rings. The molecule has 0 spiro atoms. The zero-order chi connectivity index (χ0) is 16.9. The summed E-state index contributed by atoms with van der Waals surface area (Å²) in [5.74, 6) is -3.19. The van der Waals surface area contributed by atoms with E-state index in [1.165, 1.54) is 24.3 Å². The van der Waals surface area contributed by atoms with E-state index in [4.69, 9.17) is 10.2 Å². The highest BCUT2D eigenvalue weighted by Crippen LogP contribution is 2.25. The van der Waals surface area contributed by atoms with E-state index in [0.717, 1.165) is 13.0 Å². The van der Waals surface area contributed by atoms with Crippen molar-refractivity contribution in [3.8, 4) is 11.5 Å². The van der Waals surface area contributed by atoms with Gasteiger partial charge in [0.25, 0.3) is 0 Å². The largest absolute Gasteiger partial charge is 0.504 e. The average Bonchev–Trinajstić information content (AvgIpc) is 2.45. The highest BCUT2D eigenvalue weighted by atomic mass is 16.5. The van der Waals surface area contributed by atoms with E-state index in [1.54, 1.807) is 0 Å². The summed E-state index contributed by atoms with van der Waals surface area (Å²) < 4.78 is 4.61. The van der Waals surface area contributed by atoms with E-state index in [1.807, 2.05) is 0 Å². The van der Waals surface area contributed by atoms with Gasteiger partial charge in [-0.2, -0.15) is 0 Å². The molecule has 0 heterocycles. The number of hydrogen-bond donors (Lipinski definition) is 5. The van der Waals surface area contributed by atoms with Gasteiger partial charge in [0.1, 0.15) is 12.7 Å². The van der Waals surface area contributed by atoms with Gasteiger partial charge in [-0.3, -0.25) is 0 Å². The predicted octanol–water partition coefficient (Wildman–Crippen LogP) is -0.149. The average molecular weight is 312 g/mol. The van der Waals surface area contributed by atoms with Crippen molar-refractivity contribution in [1.82, 2.24) is 0 Å². The number of aliphatic hydroxyl groups excluding tert-OH is 1. The van der Waals surface area contributed by atoms with E-state index in [0.29, 0.717) is 5.56 Å². The number of ether oxygens (including phenoxy) is 1. The number of aromatic hydroxyl groups is 2. The van der Waals surface area contributed by atoms with Crippen LogP contribution in [0.25, 0.3) is 6.08 Å². The van der Waals surface area contributed by atoms with Crippen LogP contribution in [0.15, 0.2) is 24.3 Å². The smallest absolute Gasteiger partial charge is 0.338 e. The Morgan fingerprint density at radius 1 is 1.32 bits per heavy atom. The van der Waals surface area contributed by atoms with Crippen molar-refractivity contribution in [2.75, 3.05) is 6.61 Å². The summed E-state index contributed by atoms with van der Waals surface area (Å²) in [6.45, 7) is 0.173. The number of hydrogen-bond acceptors (Lipinski definition) is 7. The van der Waals surface area contributed by atoms with Crippen LogP contribution in [-0.2, 0) is 14.3 Å². The maximum Gasteiger partial charge on any atom is 0.338 e. The Kier molecular flexibility index (Phi) is 5.50. The molecule has 2 unspecified atom stereocenters. The fourth-order valence-corrected chi connectivity index (χ4v) is 1.32. The molecule has 0 saturated heterocycles. The van der Waals surface area contributed by atoms with Gasteiger partial charge in [-0.1, -0.05) is 6.07 Å². The van der Waals surface area contributed by atoms with Crippen molar-refractivity contribution in [2.24, 2.45) is 0 Å². The number of phenols is 2. The van der Waals surface area contributed by atoms with Gasteiger partial charge in [-0.05, 0) is 30.7 Å². The first-order valence-electron chi connectivity index (χ1n) is 6.15. The molecule has 2 atom stereocenters. The molecule has 1 aromatic carbocycles. The van der Waals surface area contributed by atoms with Gasteiger partial charge < -0.3 is 30.3 Å². The number of carboxylic acid groups (broad SMARTS) is 1. The van der Waals surface area contributed by atoms with Crippen LogP contribution in [0.4, 0.5) is 0 Å². The first-order chi connectivity index (χ1) is 10.1. The Morgan fingerprint density at radius 3 is 2.50 bits per heavy atom. The summed E-state index contributed by atoms with van der Waals surface area (Å²) in [6, 6.07) is 3.88. The molecule has 0 aromatic heterocycles. The van der Waals surface area contributed by atoms with E-state index < -0.39 is 30.3 Å². The lowest BCUT2D eigenvalue weighted by Crippen LogP contribution is -2.49. The van der Waals surface area contributed by atoms with Crippen LogP contribution in [0, 0.1) is 0 Å². The van der Waals surface area contributed by atoms with Crippen molar-refractivity contribution in [1.29, 1.82) is 0 Å². The minimum absolute atomic E-state index is 0.307. The van der Waals surface area contributed by atoms with E-state index in [9.17, 15) is 24.9 Å². The maximum absolute atomic E-state index is 11.4. The molecule has 0 aliphatic carbocycles. The second-order valence-corrected chi connectivity index (χ2v) is 4.68. The van der Waals surface area contributed by atoms with E-state index >= 15 is 0 Å². The van der Waals surface area contributed by atoms with Crippen molar-refractivity contribution in [2.45, 2.75) is 18.6 Å². The molecule has 120 valence electrons. The number of carboxylic acids is 1. The van der Waals surface area contributed by atoms with Crippen LogP contribution in [0.2, 0.25) is 0 Å². The Morgan fingerprint density at radius 2 is 1.95 bits per heavy atom. The van der Waals surface area contributed by atoms with E-state index in [-0.39, 0.29) is 11.5 Å². The number of phenolic OH excluding ortho intramolecular Hbond substituents is 2. The minimum Gasteiger partial charge on any atom is -0.504 e. The molecule has 5 N–H and O–H groups in total. The number of carbonyl (C=O) groups excluding carboxylic acids is 1. The summed E-state index contributed by atoms with van der Waals surface area (Å²) in [5.41, 5.74) is -2.03. The van der Waals surface area contributed by atoms with Crippen LogP contribution >= 0.6 is 0 Å². The molecule has 0 aliphatic rings. The number of carbonyl (C=O) groups is 2. The van der Waals surface area contributed by atoms with Gasteiger partial charge in [0, 0.05) is 6.08 Å². The van der Waals surface area contributed by atoms with Gasteiger partial charge >= 0.3 is 11.9 Å². The molecule has 0 fully saturated rings. The predicted molar refractivity (Wildman–Crippen MR) is 74.0 cm³/mol. The Balaban J connectivity index is 2.58. The Labute approximate surface area is 125 Å². The highest BCUT2D eigenvalue weighted by molar-refractivity contribution is 5.87. The fraction of sp³-hybridized carbons (Fsp3) is 0.286. The molecule has 8 nitrogen and oxygen atoms in total. The van der Waals surface area contributed by atoms with Gasteiger partial charge in [0.05, 0.1) is 0 Å². The normalized spacial score (nSPS) is 15.2. The maximum atomic E-state index is 11.4. The Bertz CT molecular complexity index is 591. The number of aliphatic hydroxyl groups is 2. The summed E-state index contributed by atoms with van der Waals surface area (Å²) in [6.07, 6.45) is 0.470. The van der Waals surface area contributed by atoms with Crippen LogP contribution in [-0.4, -0.2) is 55.8 Å². The monoisotopic (exact) mass is 312 g/mol. The summed E-state index contributed by atoms with van der Waals surface area (Å²) >= 11 is 0. The zero-order valence-corrected chi connectivity index (χ0v) is 11.6. The first kappa shape index (κ1) is 17.5. The second kappa shape index (κ2) is 6.92. The van der Waals surface area contributed by atoms with Crippen LogP contribution in [0.5, 0.6) is 11.5 Å². The lowest BCUT2D eigenvalue weighted by atomic mass is 10.0. The lowest BCUT2D eigenvalue weighted by molar-refractivity contribution is -0.175. The number of esters is 1. The molecular weight excluding hydrogens is 296 g/mol. The van der Waals surface area contributed by atoms with Gasteiger partial charge in [-0.25, -0.2) is 9.59 Å². The third kappa shape index (κ3) is 4.47. The lowest BCUT2D eigenvalue weighted by Gasteiger charge is -2.23. The molecule has 22 heavy (non-hydrogen) atoms. The second-order valence-electron chi connectivity index (χ2n) is 4.68. The molecule has 1 rings (SSSR count). The van der Waals surface area contributed by atoms with Crippen molar-refractivity contribution in [3.05, 3.63) is 29.8 Å². The van der Waals surface area contributed by atoms with Gasteiger partial charge in [0.15, 0.2) is 17.1 Å². The Hall–Kier alpha value is -2.58. The summed E-state index contributed by atoms with van der Waals surface area (Å²) in [5, 5.41) is 45.9. The summed E-state index contributed by atoms with van der Waals surface area (Å²) in [7, 11) is 0. The van der Waals surface area contributed by atoms with Crippen molar-refractivity contribution < 1.29 is 39.9 Å². The number of aliphatic carboxylic acids is 1. The van der Waals surface area contributed by atoms with Gasteiger partial charge in [0.2, 0.25) is 0 Å². The fourth-order valence-electron chi connectivity index (χ4n) is 1.32. The third-order valence-corrected chi connectivity index (χ3v) is 2.88. The van der Waals surface area contributed by atoms with Crippen LogP contribution < -0.4 is 0 Å². The van der Waals surface area contributed by atoms with Crippen LogP contribution in [0.3, 0.4) is 0 Å². The topological polar surface area (TPSA) is 145 Å². The number of rotatable bonds is 6. The zero-order valence-electron chi connectivity index (χ0n) is 11.6. The highest BCUT2D eigenvalue weighted by Gasteiger charge is 2.39. The van der Waals surface area contributed by atoms with Crippen molar-refractivity contribution >= 4 is 18.0 Å². The summed E-state index contributed by atoms with van der Waals surface area (Å²) in [4.78, 5) is 22.1. The molecule has 0 amide bonds. The molecule has 0 radical (unpaired) electrons. The third-order valence-electron chi connectivity index (χ3n) is 2.88. The number of benzene rings is 1.